The van der Waals surface area contributed by atoms with Crippen molar-refractivity contribution in [3.05, 3.63) is 34.4 Å². The molecule has 120 valence electrons. The third-order valence-corrected chi connectivity index (χ3v) is 5.19. The van der Waals surface area contributed by atoms with Crippen molar-refractivity contribution in [1.82, 2.24) is 4.90 Å². The second-order valence-electron chi connectivity index (χ2n) is 6.66. The highest BCUT2D eigenvalue weighted by molar-refractivity contribution is 5.62. The predicted octanol–water partition coefficient (Wildman–Crippen LogP) is 4.46. The van der Waals surface area contributed by atoms with Crippen molar-refractivity contribution in [2.24, 2.45) is 0 Å². The Bertz CT molecular complexity index is 541. The van der Waals surface area contributed by atoms with E-state index in [0.29, 0.717) is 0 Å². The highest BCUT2D eigenvalue weighted by Crippen LogP contribution is 2.33. The third-order valence-electron chi connectivity index (χ3n) is 5.19. The molecule has 0 bridgehead atoms. The van der Waals surface area contributed by atoms with Crippen LogP contribution in [0.4, 0.5) is 0 Å². The molecular weight excluding hydrogens is 270 g/mol. The fraction of sp³-hybridized carbons (Fsp3) is 0.600. The van der Waals surface area contributed by atoms with Crippen molar-refractivity contribution in [2.75, 3.05) is 26.7 Å². The summed E-state index contributed by atoms with van der Waals surface area (Å²) in [4.78, 5) is 2.60. The molecule has 1 aromatic rings. The van der Waals surface area contributed by atoms with Crippen LogP contribution in [0.5, 0.6) is 5.75 Å². The zero-order chi connectivity index (χ0) is 15.4. The van der Waals surface area contributed by atoms with Gasteiger partial charge in [-0.25, -0.2) is 0 Å². The van der Waals surface area contributed by atoms with Gasteiger partial charge in [0, 0.05) is 6.54 Å². The van der Waals surface area contributed by atoms with Crippen molar-refractivity contribution in [2.45, 2.75) is 51.9 Å². The summed E-state index contributed by atoms with van der Waals surface area (Å²) in [6.07, 6.45) is 11.3. The number of rotatable bonds is 5. The van der Waals surface area contributed by atoms with Crippen molar-refractivity contribution in [3.63, 3.8) is 0 Å². The average molecular weight is 299 g/mol. The first-order valence-electron chi connectivity index (χ1n) is 8.92. The van der Waals surface area contributed by atoms with Crippen LogP contribution in [-0.2, 0) is 12.8 Å². The smallest absolute Gasteiger partial charge is 0.122 e. The van der Waals surface area contributed by atoms with Gasteiger partial charge in [0.15, 0.2) is 0 Å². The Hall–Kier alpha value is -1.28. The van der Waals surface area contributed by atoms with E-state index in [2.05, 4.69) is 30.0 Å². The van der Waals surface area contributed by atoms with Gasteiger partial charge in [-0.05, 0) is 80.8 Å². The quantitative estimate of drug-likeness (QED) is 0.795. The summed E-state index contributed by atoms with van der Waals surface area (Å²) in [6.45, 7) is 5.99. The van der Waals surface area contributed by atoms with Crippen LogP contribution in [0, 0.1) is 0 Å². The lowest BCUT2D eigenvalue weighted by Gasteiger charge is -2.22. The molecule has 1 aliphatic carbocycles. The van der Waals surface area contributed by atoms with Crippen molar-refractivity contribution in [1.29, 1.82) is 0 Å². The van der Waals surface area contributed by atoms with E-state index in [0.717, 1.165) is 18.7 Å². The van der Waals surface area contributed by atoms with Gasteiger partial charge in [0.2, 0.25) is 0 Å². The summed E-state index contributed by atoms with van der Waals surface area (Å²) >= 11 is 0. The lowest BCUT2D eigenvalue weighted by atomic mass is 9.86. The Morgan fingerprint density at radius 3 is 2.50 bits per heavy atom. The molecule has 0 unspecified atom stereocenters. The molecule has 2 aliphatic rings. The number of hydrogen-bond donors (Lipinski definition) is 0. The normalized spacial score (nSPS) is 19.3. The maximum absolute atomic E-state index is 5.58. The van der Waals surface area contributed by atoms with E-state index in [1.54, 1.807) is 12.7 Å². The van der Waals surface area contributed by atoms with Crippen molar-refractivity contribution in [3.8, 4) is 5.75 Å². The molecule has 3 rings (SSSR count). The summed E-state index contributed by atoms with van der Waals surface area (Å²) in [6, 6.07) is 4.43. The van der Waals surface area contributed by atoms with Gasteiger partial charge < -0.3 is 4.74 Å². The van der Waals surface area contributed by atoms with Gasteiger partial charge in [0.25, 0.3) is 0 Å². The van der Waals surface area contributed by atoms with Crippen LogP contribution in [0.3, 0.4) is 0 Å². The number of nitrogens with zero attached hydrogens (tertiary/aromatic N) is 1. The topological polar surface area (TPSA) is 12.5 Å². The van der Waals surface area contributed by atoms with Crippen LogP contribution in [0.15, 0.2) is 17.7 Å². The van der Waals surface area contributed by atoms with Crippen LogP contribution in [0.2, 0.25) is 0 Å². The molecule has 1 aromatic carbocycles. The Morgan fingerprint density at radius 2 is 1.82 bits per heavy atom. The molecule has 0 saturated carbocycles. The average Bonchev–Trinajstić information content (AvgIpc) is 3.07. The maximum Gasteiger partial charge on any atom is 0.122 e. The number of ether oxygens (including phenoxy) is 1. The second-order valence-corrected chi connectivity index (χ2v) is 6.66. The van der Waals surface area contributed by atoms with Crippen LogP contribution in [-0.4, -0.2) is 31.6 Å². The first-order chi connectivity index (χ1) is 10.8. The van der Waals surface area contributed by atoms with Crippen LogP contribution in [0.1, 0.15) is 55.7 Å². The zero-order valence-electron chi connectivity index (χ0n) is 14.2. The molecule has 0 aromatic heterocycles. The van der Waals surface area contributed by atoms with E-state index >= 15 is 0 Å². The lowest BCUT2D eigenvalue weighted by Crippen LogP contribution is -2.21. The minimum atomic E-state index is 1.09. The van der Waals surface area contributed by atoms with Crippen molar-refractivity contribution < 1.29 is 4.74 Å². The van der Waals surface area contributed by atoms with Crippen LogP contribution < -0.4 is 4.74 Å². The summed E-state index contributed by atoms with van der Waals surface area (Å²) in [7, 11) is 1.80. The van der Waals surface area contributed by atoms with Gasteiger partial charge in [0.05, 0.1) is 7.11 Å². The number of benzene rings is 1. The molecule has 1 aliphatic heterocycles. The molecule has 0 radical (unpaired) electrons. The van der Waals surface area contributed by atoms with E-state index in [-0.39, 0.29) is 0 Å². The molecule has 0 spiro atoms. The van der Waals surface area contributed by atoms with Crippen LogP contribution >= 0.6 is 0 Å². The number of methoxy groups -OCH3 is 1. The molecular formula is C20H29NO. The maximum atomic E-state index is 5.58. The van der Waals surface area contributed by atoms with E-state index in [4.69, 9.17) is 4.74 Å². The first-order valence-corrected chi connectivity index (χ1v) is 8.92. The Labute approximate surface area is 135 Å². The Balaban J connectivity index is 1.87. The first kappa shape index (κ1) is 15.6. The van der Waals surface area contributed by atoms with Gasteiger partial charge >= 0.3 is 0 Å². The molecule has 0 amide bonds. The van der Waals surface area contributed by atoms with Gasteiger partial charge in [-0.3, -0.25) is 4.90 Å². The molecule has 0 N–H and O–H groups in total. The van der Waals surface area contributed by atoms with E-state index in [9.17, 15) is 0 Å². The molecule has 2 nitrogen and oxygen atoms in total. The highest BCUT2D eigenvalue weighted by atomic mass is 16.5. The number of fused-ring (bicyclic) bond motifs is 1. The largest absolute Gasteiger partial charge is 0.496 e. The molecule has 0 atom stereocenters. The summed E-state index contributed by atoms with van der Waals surface area (Å²) in [5.74, 6) is 1.09. The number of likely N-dealkylation sites (tertiary alicyclic amines) is 1. The Morgan fingerprint density at radius 1 is 1.09 bits per heavy atom. The summed E-state index contributed by atoms with van der Waals surface area (Å²) in [5.41, 5.74) is 6.00. The summed E-state index contributed by atoms with van der Waals surface area (Å²) < 4.78 is 5.58. The lowest BCUT2D eigenvalue weighted by molar-refractivity contribution is 0.366. The zero-order valence-corrected chi connectivity index (χ0v) is 14.2. The predicted molar refractivity (Wildman–Crippen MR) is 93.6 cm³/mol. The summed E-state index contributed by atoms with van der Waals surface area (Å²) in [5, 5.41) is 0. The number of hydrogen-bond acceptors (Lipinski definition) is 2. The molecule has 1 saturated heterocycles. The van der Waals surface area contributed by atoms with Gasteiger partial charge in [0.1, 0.15) is 5.75 Å². The van der Waals surface area contributed by atoms with Crippen LogP contribution in [0.25, 0.3) is 6.08 Å². The Kier molecular flexibility index (Phi) is 5.20. The van der Waals surface area contributed by atoms with Gasteiger partial charge in [-0.15, -0.1) is 0 Å². The van der Waals surface area contributed by atoms with Gasteiger partial charge in [-0.1, -0.05) is 24.6 Å². The standard InChI is InChI=1S/C20H29NO/c1-3-16(15-21-12-6-7-13-21)14-17-10-11-20(22-2)19-9-5-4-8-18(17)19/h10-11,14H,3-9,12-13,15H2,1-2H3/b16-14-. The molecule has 2 heteroatoms. The minimum Gasteiger partial charge on any atom is -0.496 e. The monoisotopic (exact) mass is 299 g/mol. The second kappa shape index (κ2) is 7.32. The fourth-order valence-corrected chi connectivity index (χ4v) is 3.90. The molecule has 1 fully saturated rings. The SMILES string of the molecule is CC/C(=C/c1ccc(OC)c2c1CCCC2)CN1CCCC1. The van der Waals surface area contributed by atoms with Crippen molar-refractivity contribution >= 4 is 6.08 Å². The fourth-order valence-electron chi connectivity index (χ4n) is 3.90. The van der Waals surface area contributed by atoms with E-state index < -0.39 is 0 Å². The molecule has 22 heavy (non-hydrogen) atoms. The van der Waals surface area contributed by atoms with Gasteiger partial charge in [-0.2, -0.15) is 0 Å². The third kappa shape index (κ3) is 3.38. The van der Waals surface area contributed by atoms with E-state index in [1.807, 2.05) is 0 Å². The minimum absolute atomic E-state index is 1.09. The highest BCUT2D eigenvalue weighted by Gasteiger charge is 2.17. The van der Waals surface area contributed by atoms with E-state index in [1.165, 1.54) is 68.3 Å². The molecule has 1 heterocycles.